The third-order valence-corrected chi connectivity index (χ3v) is 7.93. The standard InChI is InChI=1S/C22H27F3N2.C9H17N3/c1-3-26-12-14-27(15-13-26)21(16-22(23,24)25)20-10-8-19(9-11-20)18-6-4-17(2)5-7-18;10-6-7-12-8-9(11)4-2-1-3-5-9/h4-11,21H,3,12-16H2,1-2H3;12H,1-5,7-8,11H2. The van der Waals surface area contributed by atoms with Gasteiger partial charge in [-0.3, -0.25) is 4.90 Å². The minimum atomic E-state index is -4.18. The van der Waals surface area contributed by atoms with Gasteiger partial charge in [0.05, 0.1) is 19.0 Å². The molecule has 1 saturated heterocycles. The molecule has 1 heterocycles. The van der Waals surface area contributed by atoms with E-state index in [1.807, 2.05) is 60.4 Å². The summed E-state index contributed by atoms with van der Waals surface area (Å²) in [6, 6.07) is 17.2. The highest BCUT2D eigenvalue weighted by atomic mass is 19.4. The van der Waals surface area contributed by atoms with Gasteiger partial charge in [0.25, 0.3) is 0 Å². The van der Waals surface area contributed by atoms with Crippen LogP contribution >= 0.6 is 0 Å². The predicted molar refractivity (Wildman–Crippen MR) is 152 cm³/mol. The number of rotatable bonds is 8. The Labute approximate surface area is 232 Å². The third kappa shape index (κ3) is 10.2. The maximum atomic E-state index is 13.2. The van der Waals surface area contributed by atoms with Gasteiger partial charge in [-0.1, -0.05) is 80.3 Å². The van der Waals surface area contributed by atoms with Crippen molar-refractivity contribution in [1.29, 1.82) is 5.26 Å². The second kappa shape index (κ2) is 14.8. The molecule has 1 unspecified atom stereocenters. The summed E-state index contributed by atoms with van der Waals surface area (Å²) in [5.41, 5.74) is 10.1. The van der Waals surface area contributed by atoms with E-state index < -0.39 is 18.6 Å². The largest absolute Gasteiger partial charge is 0.390 e. The molecule has 5 nitrogen and oxygen atoms in total. The number of hydrogen-bond donors (Lipinski definition) is 2. The van der Waals surface area contributed by atoms with E-state index >= 15 is 0 Å². The van der Waals surface area contributed by atoms with Gasteiger partial charge in [0.15, 0.2) is 0 Å². The van der Waals surface area contributed by atoms with Crippen LogP contribution in [0.3, 0.4) is 0 Å². The van der Waals surface area contributed by atoms with Gasteiger partial charge in [0.2, 0.25) is 0 Å². The second-order valence-corrected chi connectivity index (χ2v) is 11.0. The zero-order chi connectivity index (χ0) is 28.3. The Balaban J connectivity index is 0.000000293. The van der Waals surface area contributed by atoms with Gasteiger partial charge in [-0.15, -0.1) is 0 Å². The van der Waals surface area contributed by atoms with E-state index in [9.17, 15) is 13.2 Å². The number of hydrogen-bond acceptors (Lipinski definition) is 5. The van der Waals surface area contributed by atoms with Gasteiger partial charge in [0.1, 0.15) is 0 Å². The van der Waals surface area contributed by atoms with E-state index in [0.717, 1.165) is 55.7 Å². The quantitative estimate of drug-likeness (QED) is 0.313. The minimum absolute atomic E-state index is 0.0326. The first-order valence-electron chi connectivity index (χ1n) is 14.2. The van der Waals surface area contributed by atoms with Crippen LogP contribution in [-0.4, -0.2) is 67.3 Å². The normalized spacial score (nSPS) is 19.0. The van der Waals surface area contributed by atoms with Crippen molar-refractivity contribution in [1.82, 2.24) is 15.1 Å². The molecule has 1 saturated carbocycles. The molecule has 0 spiro atoms. The first kappa shape index (κ1) is 31.1. The summed E-state index contributed by atoms with van der Waals surface area (Å²) in [5.74, 6) is 0. The van der Waals surface area contributed by atoms with Crippen molar-refractivity contribution >= 4 is 0 Å². The molecule has 0 bridgehead atoms. The smallest absolute Gasteiger partial charge is 0.324 e. The lowest BCUT2D eigenvalue weighted by Crippen LogP contribution is -2.50. The highest BCUT2D eigenvalue weighted by molar-refractivity contribution is 5.64. The van der Waals surface area contributed by atoms with Gasteiger partial charge >= 0.3 is 6.18 Å². The highest BCUT2D eigenvalue weighted by Gasteiger charge is 2.36. The molecular formula is C31H44F3N5. The molecule has 2 fully saturated rings. The SMILES string of the molecule is CCN1CCN(C(CC(F)(F)F)c2ccc(-c3ccc(C)cc3)cc2)CC1.N#CCNCC1(N)CCCCC1. The molecule has 214 valence electrons. The molecule has 3 N–H and O–H groups in total. The van der Waals surface area contributed by atoms with Crippen LogP contribution in [0.2, 0.25) is 0 Å². The van der Waals surface area contributed by atoms with Crippen molar-refractivity contribution in [3.63, 3.8) is 0 Å². The Morgan fingerprint density at radius 3 is 2.03 bits per heavy atom. The average Bonchev–Trinajstić information content (AvgIpc) is 2.93. The number of halogens is 3. The van der Waals surface area contributed by atoms with E-state index in [2.05, 4.69) is 23.2 Å². The van der Waals surface area contributed by atoms with Gasteiger partial charge < -0.3 is 16.0 Å². The fourth-order valence-electron chi connectivity index (χ4n) is 5.51. The summed E-state index contributed by atoms with van der Waals surface area (Å²) in [5, 5.41) is 11.4. The van der Waals surface area contributed by atoms with Crippen LogP contribution in [0.15, 0.2) is 48.5 Å². The van der Waals surface area contributed by atoms with E-state index in [0.29, 0.717) is 19.6 Å². The Hall–Kier alpha value is -2.44. The molecule has 0 amide bonds. The Morgan fingerprint density at radius 1 is 0.949 bits per heavy atom. The first-order chi connectivity index (χ1) is 18.6. The van der Waals surface area contributed by atoms with E-state index in [1.54, 1.807) is 0 Å². The Kier molecular flexibility index (Phi) is 11.8. The van der Waals surface area contributed by atoms with Crippen LogP contribution in [0.1, 0.15) is 62.6 Å². The lowest BCUT2D eigenvalue weighted by atomic mass is 9.82. The van der Waals surface area contributed by atoms with Crippen LogP contribution in [0.5, 0.6) is 0 Å². The zero-order valence-electron chi connectivity index (χ0n) is 23.4. The van der Waals surface area contributed by atoms with E-state index in [4.69, 9.17) is 11.0 Å². The average molecular weight is 544 g/mol. The Morgan fingerprint density at radius 2 is 1.51 bits per heavy atom. The number of nitrogens with zero attached hydrogens (tertiary/aromatic N) is 3. The molecule has 1 aliphatic heterocycles. The summed E-state index contributed by atoms with van der Waals surface area (Å²) < 4.78 is 39.7. The molecule has 4 rings (SSSR count). The van der Waals surface area contributed by atoms with Crippen molar-refractivity contribution in [3.05, 3.63) is 59.7 Å². The third-order valence-electron chi connectivity index (χ3n) is 7.93. The number of alkyl halides is 3. The molecule has 2 aliphatic rings. The molecule has 1 aliphatic carbocycles. The number of piperazine rings is 1. The number of nitrogens with two attached hydrogens (primary N) is 1. The van der Waals surface area contributed by atoms with Gasteiger partial charge in [-0.2, -0.15) is 18.4 Å². The number of aryl methyl sites for hydroxylation is 1. The van der Waals surface area contributed by atoms with E-state index in [-0.39, 0.29) is 5.54 Å². The summed E-state index contributed by atoms with van der Waals surface area (Å²) in [7, 11) is 0. The molecule has 1 atom stereocenters. The van der Waals surface area contributed by atoms with Crippen molar-refractivity contribution in [3.8, 4) is 17.2 Å². The predicted octanol–water partition coefficient (Wildman–Crippen LogP) is 6.05. The molecule has 0 radical (unpaired) electrons. The van der Waals surface area contributed by atoms with E-state index in [1.165, 1.54) is 24.8 Å². The number of nitriles is 1. The lowest BCUT2D eigenvalue weighted by molar-refractivity contribution is -0.149. The first-order valence-corrected chi connectivity index (χ1v) is 14.2. The molecule has 2 aromatic rings. The molecule has 8 heteroatoms. The number of benzene rings is 2. The second-order valence-electron chi connectivity index (χ2n) is 11.0. The summed E-state index contributed by atoms with van der Waals surface area (Å²) in [4.78, 5) is 4.27. The topological polar surface area (TPSA) is 68.3 Å². The molecule has 0 aromatic heterocycles. The lowest BCUT2D eigenvalue weighted by Gasteiger charge is -2.39. The Bertz CT molecular complexity index is 1020. The maximum absolute atomic E-state index is 13.2. The highest BCUT2D eigenvalue weighted by Crippen LogP contribution is 2.35. The fraction of sp³-hybridized carbons (Fsp3) is 0.581. The minimum Gasteiger partial charge on any atom is -0.324 e. The number of nitrogens with one attached hydrogen (secondary N) is 1. The van der Waals surface area contributed by atoms with Crippen LogP contribution in [0, 0.1) is 18.3 Å². The summed E-state index contributed by atoms with van der Waals surface area (Å²) in [6.07, 6.45) is 1.02. The van der Waals surface area contributed by atoms with Crippen molar-refractivity contribution in [2.45, 2.75) is 70.1 Å². The number of likely N-dealkylation sites (N-methyl/N-ethyl adjacent to an activating group) is 1. The van der Waals surface area contributed by atoms with Crippen molar-refractivity contribution < 1.29 is 13.2 Å². The monoisotopic (exact) mass is 543 g/mol. The van der Waals surface area contributed by atoms with Crippen molar-refractivity contribution in [2.75, 3.05) is 45.8 Å². The van der Waals surface area contributed by atoms with Crippen LogP contribution < -0.4 is 11.1 Å². The fourth-order valence-corrected chi connectivity index (χ4v) is 5.51. The molecular weight excluding hydrogens is 499 g/mol. The van der Waals surface area contributed by atoms with Crippen LogP contribution in [0.4, 0.5) is 13.2 Å². The molecule has 39 heavy (non-hydrogen) atoms. The van der Waals surface area contributed by atoms with Gasteiger partial charge in [-0.05, 0) is 43.0 Å². The van der Waals surface area contributed by atoms with Crippen LogP contribution in [0.25, 0.3) is 11.1 Å². The summed E-state index contributed by atoms with van der Waals surface area (Å²) in [6.45, 7) is 9.28. The maximum Gasteiger partial charge on any atom is 0.390 e. The summed E-state index contributed by atoms with van der Waals surface area (Å²) >= 11 is 0. The van der Waals surface area contributed by atoms with Crippen molar-refractivity contribution in [2.24, 2.45) is 5.73 Å². The molecule has 2 aromatic carbocycles. The van der Waals surface area contributed by atoms with Gasteiger partial charge in [-0.25, -0.2) is 0 Å². The zero-order valence-corrected chi connectivity index (χ0v) is 23.4. The van der Waals surface area contributed by atoms with Crippen LogP contribution in [-0.2, 0) is 0 Å². The van der Waals surface area contributed by atoms with Gasteiger partial charge in [0, 0.05) is 44.3 Å².